The zero-order valence-corrected chi connectivity index (χ0v) is 10.7. The van der Waals surface area contributed by atoms with Gasteiger partial charge < -0.3 is 11.1 Å². The Morgan fingerprint density at radius 2 is 1.76 bits per heavy atom. The van der Waals surface area contributed by atoms with E-state index in [1.54, 1.807) is 6.07 Å². The van der Waals surface area contributed by atoms with Crippen molar-refractivity contribution in [3.63, 3.8) is 0 Å². The number of rotatable bonds is 2. The molecule has 0 radical (unpaired) electrons. The highest BCUT2D eigenvalue weighted by molar-refractivity contribution is 6.33. The molecule has 0 fully saturated rings. The molecule has 3 N–H and O–H groups in total. The van der Waals surface area contributed by atoms with Gasteiger partial charge in [0.2, 0.25) is 0 Å². The van der Waals surface area contributed by atoms with Gasteiger partial charge in [-0.2, -0.15) is 0 Å². The standard InChI is InChI=1S/C14H15ClN2/c1-9-3-5-12(7-10(9)2)17-14-6-4-11(16)8-13(14)15/h3-8,17H,16H2,1-2H3. The molecule has 3 heteroatoms. The molecule has 0 aliphatic heterocycles. The number of hydrogen-bond donors (Lipinski definition) is 2. The van der Waals surface area contributed by atoms with Gasteiger partial charge in [-0.3, -0.25) is 0 Å². The van der Waals surface area contributed by atoms with E-state index in [9.17, 15) is 0 Å². The number of aryl methyl sites for hydroxylation is 2. The van der Waals surface area contributed by atoms with Gasteiger partial charge in [-0.1, -0.05) is 17.7 Å². The minimum absolute atomic E-state index is 0.628. The normalized spacial score (nSPS) is 10.3. The predicted molar refractivity (Wildman–Crippen MR) is 75.1 cm³/mol. The number of hydrogen-bond acceptors (Lipinski definition) is 2. The van der Waals surface area contributed by atoms with E-state index in [0.717, 1.165) is 11.4 Å². The van der Waals surface area contributed by atoms with E-state index in [0.29, 0.717) is 10.7 Å². The summed E-state index contributed by atoms with van der Waals surface area (Å²) in [6, 6.07) is 11.7. The van der Waals surface area contributed by atoms with Gasteiger partial charge in [0.1, 0.15) is 0 Å². The monoisotopic (exact) mass is 246 g/mol. The lowest BCUT2D eigenvalue weighted by atomic mass is 10.1. The zero-order valence-electron chi connectivity index (χ0n) is 9.92. The Kier molecular flexibility index (Phi) is 3.25. The van der Waals surface area contributed by atoms with Crippen molar-refractivity contribution in [2.75, 3.05) is 11.1 Å². The van der Waals surface area contributed by atoms with Crippen LogP contribution in [0.15, 0.2) is 36.4 Å². The highest BCUT2D eigenvalue weighted by Crippen LogP contribution is 2.27. The molecule has 0 aliphatic carbocycles. The Bertz CT molecular complexity index is 550. The largest absolute Gasteiger partial charge is 0.399 e. The maximum Gasteiger partial charge on any atom is 0.0661 e. The fourth-order valence-corrected chi connectivity index (χ4v) is 1.84. The van der Waals surface area contributed by atoms with Crippen LogP contribution in [0.3, 0.4) is 0 Å². The molecule has 0 heterocycles. The highest BCUT2D eigenvalue weighted by atomic mass is 35.5. The summed E-state index contributed by atoms with van der Waals surface area (Å²) in [7, 11) is 0. The molecule has 2 aromatic rings. The van der Waals surface area contributed by atoms with Gasteiger partial charge >= 0.3 is 0 Å². The van der Waals surface area contributed by atoms with Crippen LogP contribution in [0.1, 0.15) is 11.1 Å². The average Bonchev–Trinajstić information content (AvgIpc) is 2.27. The van der Waals surface area contributed by atoms with Crippen molar-refractivity contribution in [2.24, 2.45) is 0 Å². The lowest BCUT2D eigenvalue weighted by Gasteiger charge is -2.10. The van der Waals surface area contributed by atoms with Crippen molar-refractivity contribution in [2.45, 2.75) is 13.8 Å². The molecule has 2 rings (SSSR count). The number of nitrogen functional groups attached to an aromatic ring is 1. The van der Waals surface area contributed by atoms with E-state index < -0.39 is 0 Å². The Hall–Kier alpha value is -1.67. The molecule has 0 saturated carbocycles. The van der Waals surface area contributed by atoms with Gasteiger partial charge in [0.25, 0.3) is 0 Å². The molecule has 0 bridgehead atoms. The molecule has 0 amide bonds. The van der Waals surface area contributed by atoms with Crippen LogP contribution < -0.4 is 11.1 Å². The molecule has 0 aromatic heterocycles. The lowest BCUT2D eigenvalue weighted by Crippen LogP contribution is -1.94. The Morgan fingerprint density at radius 1 is 1.00 bits per heavy atom. The van der Waals surface area contributed by atoms with E-state index >= 15 is 0 Å². The predicted octanol–water partition coefficient (Wildman–Crippen LogP) is 4.28. The SMILES string of the molecule is Cc1ccc(Nc2ccc(N)cc2Cl)cc1C. The first-order valence-electron chi connectivity index (χ1n) is 5.45. The molecule has 0 saturated heterocycles. The molecule has 0 atom stereocenters. The second-order valence-electron chi connectivity index (χ2n) is 4.16. The van der Waals surface area contributed by atoms with Gasteiger partial charge in [-0.25, -0.2) is 0 Å². The fraction of sp³-hybridized carbons (Fsp3) is 0.143. The van der Waals surface area contributed by atoms with Crippen molar-refractivity contribution < 1.29 is 0 Å². The highest BCUT2D eigenvalue weighted by Gasteiger charge is 2.02. The fourth-order valence-electron chi connectivity index (χ4n) is 1.61. The first-order valence-corrected chi connectivity index (χ1v) is 5.83. The molecule has 2 nitrogen and oxygen atoms in total. The molecular formula is C14H15ClN2. The summed E-state index contributed by atoms with van der Waals surface area (Å²) in [4.78, 5) is 0. The summed E-state index contributed by atoms with van der Waals surface area (Å²) in [6.45, 7) is 4.18. The minimum atomic E-state index is 0.628. The van der Waals surface area contributed by atoms with Gasteiger partial charge in [-0.05, 0) is 55.3 Å². The number of anilines is 3. The van der Waals surface area contributed by atoms with E-state index in [1.165, 1.54) is 11.1 Å². The zero-order chi connectivity index (χ0) is 12.4. The third kappa shape index (κ3) is 2.71. The van der Waals surface area contributed by atoms with Crippen LogP contribution in [0.2, 0.25) is 5.02 Å². The van der Waals surface area contributed by atoms with Gasteiger partial charge in [0.15, 0.2) is 0 Å². The van der Waals surface area contributed by atoms with Crippen molar-refractivity contribution in [1.82, 2.24) is 0 Å². The molecule has 0 spiro atoms. The van der Waals surface area contributed by atoms with Gasteiger partial charge in [-0.15, -0.1) is 0 Å². The van der Waals surface area contributed by atoms with Gasteiger partial charge in [0, 0.05) is 11.4 Å². The smallest absolute Gasteiger partial charge is 0.0661 e. The van der Waals surface area contributed by atoms with E-state index in [4.69, 9.17) is 17.3 Å². The van der Waals surface area contributed by atoms with E-state index in [2.05, 4.69) is 31.3 Å². The molecular weight excluding hydrogens is 232 g/mol. The third-order valence-corrected chi connectivity index (χ3v) is 3.09. The van der Waals surface area contributed by atoms with Crippen molar-refractivity contribution in [3.8, 4) is 0 Å². The Morgan fingerprint density at radius 3 is 2.41 bits per heavy atom. The van der Waals surface area contributed by atoms with Crippen LogP contribution in [0.5, 0.6) is 0 Å². The summed E-state index contributed by atoms with van der Waals surface area (Å²) in [5, 5.41) is 3.91. The topological polar surface area (TPSA) is 38.0 Å². The maximum atomic E-state index is 6.11. The van der Waals surface area contributed by atoms with Crippen LogP contribution in [0, 0.1) is 13.8 Å². The summed E-state index contributed by atoms with van der Waals surface area (Å²) >= 11 is 6.11. The molecule has 17 heavy (non-hydrogen) atoms. The van der Waals surface area contributed by atoms with Crippen LogP contribution in [0.25, 0.3) is 0 Å². The van der Waals surface area contributed by atoms with Gasteiger partial charge in [0.05, 0.1) is 10.7 Å². The van der Waals surface area contributed by atoms with Crippen molar-refractivity contribution >= 4 is 28.7 Å². The number of nitrogens with two attached hydrogens (primary N) is 1. The lowest BCUT2D eigenvalue weighted by molar-refractivity contribution is 1.34. The minimum Gasteiger partial charge on any atom is -0.399 e. The van der Waals surface area contributed by atoms with Crippen LogP contribution in [-0.4, -0.2) is 0 Å². The van der Waals surface area contributed by atoms with Crippen LogP contribution in [-0.2, 0) is 0 Å². The van der Waals surface area contributed by atoms with Crippen LogP contribution >= 0.6 is 11.6 Å². The first-order chi connectivity index (χ1) is 8.06. The van der Waals surface area contributed by atoms with Crippen molar-refractivity contribution in [3.05, 3.63) is 52.5 Å². The third-order valence-electron chi connectivity index (χ3n) is 2.78. The second kappa shape index (κ2) is 4.68. The summed E-state index contributed by atoms with van der Waals surface area (Å²) in [5.41, 5.74) is 10.7. The van der Waals surface area contributed by atoms with E-state index in [1.807, 2.05) is 18.2 Å². The quantitative estimate of drug-likeness (QED) is 0.776. The maximum absolute atomic E-state index is 6.11. The molecule has 0 aliphatic rings. The Balaban J connectivity index is 2.28. The van der Waals surface area contributed by atoms with E-state index in [-0.39, 0.29) is 0 Å². The number of benzene rings is 2. The number of halogens is 1. The van der Waals surface area contributed by atoms with Crippen LogP contribution in [0.4, 0.5) is 17.1 Å². The second-order valence-corrected chi connectivity index (χ2v) is 4.57. The number of nitrogens with one attached hydrogen (secondary N) is 1. The molecule has 2 aromatic carbocycles. The first kappa shape index (κ1) is 11.8. The Labute approximate surface area is 106 Å². The summed E-state index contributed by atoms with van der Waals surface area (Å²) < 4.78 is 0. The van der Waals surface area contributed by atoms with Crippen molar-refractivity contribution in [1.29, 1.82) is 0 Å². The molecule has 0 unspecified atom stereocenters. The molecule has 88 valence electrons. The summed E-state index contributed by atoms with van der Waals surface area (Å²) in [6.07, 6.45) is 0. The summed E-state index contributed by atoms with van der Waals surface area (Å²) in [5.74, 6) is 0. The average molecular weight is 247 g/mol.